The number of fused-ring (bicyclic) bond motifs is 2. The second kappa shape index (κ2) is 5.19. The third-order valence-corrected chi connectivity index (χ3v) is 4.94. The van der Waals surface area contributed by atoms with Crippen LogP contribution >= 0.6 is 0 Å². The lowest BCUT2D eigenvalue weighted by Crippen LogP contribution is -2.40. The molecule has 1 aliphatic carbocycles. The van der Waals surface area contributed by atoms with Crippen molar-refractivity contribution < 1.29 is 9.21 Å². The van der Waals surface area contributed by atoms with Crippen LogP contribution in [0.25, 0.3) is 11.0 Å². The van der Waals surface area contributed by atoms with Gasteiger partial charge >= 0.3 is 0 Å². The largest absolute Gasteiger partial charge is 0.451 e. The van der Waals surface area contributed by atoms with E-state index < -0.39 is 0 Å². The minimum Gasteiger partial charge on any atom is -0.451 e. The molecule has 1 unspecified atom stereocenters. The molecule has 3 atom stereocenters. The zero-order valence-electron chi connectivity index (χ0n) is 12.0. The summed E-state index contributed by atoms with van der Waals surface area (Å²) in [5.74, 6) is 1.87. The fraction of sp³-hybridized carbons (Fsp3) is 0.471. The van der Waals surface area contributed by atoms with Crippen molar-refractivity contribution in [1.82, 2.24) is 10.6 Å². The van der Waals surface area contributed by atoms with Gasteiger partial charge in [0, 0.05) is 11.4 Å². The average Bonchev–Trinajstić information content (AvgIpc) is 3.13. The molecule has 2 fully saturated rings. The highest BCUT2D eigenvalue weighted by molar-refractivity contribution is 5.96. The van der Waals surface area contributed by atoms with Gasteiger partial charge in [0.25, 0.3) is 5.91 Å². The van der Waals surface area contributed by atoms with Gasteiger partial charge in [0.05, 0.1) is 0 Å². The van der Waals surface area contributed by atoms with Gasteiger partial charge in [-0.15, -0.1) is 0 Å². The zero-order valence-corrected chi connectivity index (χ0v) is 12.0. The maximum Gasteiger partial charge on any atom is 0.287 e. The van der Waals surface area contributed by atoms with Crippen molar-refractivity contribution in [2.45, 2.75) is 25.3 Å². The standard InChI is InChI=1S/C17H20N2O2/c20-17(16-8-11-3-1-2-4-15(11)21-16)19-14-6-5-12-9-18-10-13(12)7-14/h1-4,8,12-14,18H,5-7,9-10H2,(H,19,20)/t12-,13+,14?/m0/s1. The predicted octanol–water partition coefficient (Wildman–Crippen LogP) is 2.55. The SMILES string of the molecule is O=C(NC1CC[C@H]2CNC[C@H]2C1)c1cc2ccccc2o1. The molecule has 1 aromatic heterocycles. The number of para-hydroxylation sites is 1. The van der Waals surface area contributed by atoms with Crippen LogP contribution in [-0.2, 0) is 0 Å². The quantitative estimate of drug-likeness (QED) is 0.891. The molecule has 4 heteroatoms. The lowest BCUT2D eigenvalue weighted by Gasteiger charge is -2.31. The summed E-state index contributed by atoms with van der Waals surface area (Å²) in [5.41, 5.74) is 0.770. The first-order valence-electron chi connectivity index (χ1n) is 7.80. The smallest absolute Gasteiger partial charge is 0.287 e. The van der Waals surface area contributed by atoms with Crippen molar-refractivity contribution in [2.75, 3.05) is 13.1 Å². The maximum absolute atomic E-state index is 12.4. The normalized spacial score (nSPS) is 28.5. The number of amides is 1. The van der Waals surface area contributed by atoms with Gasteiger partial charge in [-0.2, -0.15) is 0 Å². The first-order chi connectivity index (χ1) is 10.3. The molecule has 21 heavy (non-hydrogen) atoms. The van der Waals surface area contributed by atoms with Gasteiger partial charge in [0.15, 0.2) is 5.76 Å². The summed E-state index contributed by atoms with van der Waals surface area (Å²) < 4.78 is 5.63. The molecule has 2 aromatic rings. The second-order valence-electron chi connectivity index (χ2n) is 6.31. The van der Waals surface area contributed by atoms with E-state index in [0.29, 0.717) is 5.76 Å². The molecule has 4 nitrogen and oxygen atoms in total. The Morgan fingerprint density at radius 3 is 2.95 bits per heavy atom. The summed E-state index contributed by atoms with van der Waals surface area (Å²) in [6.07, 6.45) is 3.38. The molecule has 2 heterocycles. The molecule has 1 amide bonds. The Kier molecular flexibility index (Phi) is 3.19. The minimum atomic E-state index is -0.0828. The van der Waals surface area contributed by atoms with Crippen molar-refractivity contribution >= 4 is 16.9 Å². The number of rotatable bonds is 2. The molecule has 1 saturated carbocycles. The van der Waals surface area contributed by atoms with Crippen LogP contribution in [0.3, 0.4) is 0 Å². The first kappa shape index (κ1) is 12.9. The number of furan rings is 1. The van der Waals surface area contributed by atoms with Gasteiger partial charge in [-0.25, -0.2) is 0 Å². The molecule has 0 spiro atoms. The highest BCUT2D eigenvalue weighted by atomic mass is 16.3. The molecule has 4 rings (SSSR count). The van der Waals surface area contributed by atoms with E-state index >= 15 is 0 Å². The molecule has 1 saturated heterocycles. The monoisotopic (exact) mass is 284 g/mol. The molecular weight excluding hydrogens is 264 g/mol. The van der Waals surface area contributed by atoms with Crippen LogP contribution in [-0.4, -0.2) is 25.0 Å². The second-order valence-corrected chi connectivity index (χ2v) is 6.31. The van der Waals surface area contributed by atoms with E-state index in [1.807, 2.05) is 30.3 Å². The molecule has 110 valence electrons. The summed E-state index contributed by atoms with van der Waals surface area (Å²) in [7, 11) is 0. The van der Waals surface area contributed by atoms with Crippen LogP contribution in [0.5, 0.6) is 0 Å². The number of hydrogen-bond donors (Lipinski definition) is 2. The van der Waals surface area contributed by atoms with Crippen LogP contribution < -0.4 is 10.6 Å². The van der Waals surface area contributed by atoms with Gasteiger partial charge in [0.2, 0.25) is 0 Å². The Balaban J connectivity index is 1.45. The van der Waals surface area contributed by atoms with Gasteiger partial charge in [-0.3, -0.25) is 4.79 Å². The van der Waals surface area contributed by atoms with Gasteiger partial charge in [0.1, 0.15) is 5.58 Å². The van der Waals surface area contributed by atoms with Crippen molar-refractivity contribution in [3.05, 3.63) is 36.1 Å². The van der Waals surface area contributed by atoms with E-state index in [0.717, 1.165) is 48.7 Å². The van der Waals surface area contributed by atoms with Crippen molar-refractivity contribution in [1.29, 1.82) is 0 Å². The maximum atomic E-state index is 12.4. The highest BCUT2D eigenvalue weighted by Gasteiger charge is 2.34. The van der Waals surface area contributed by atoms with Crippen LogP contribution in [0.1, 0.15) is 29.8 Å². The molecular formula is C17H20N2O2. The third-order valence-electron chi connectivity index (χ3n) is 4.94. The fourth-order valence-electron chi connectivity index (χ4n) is 3.78. The Labute approximate surface area is 123 Å². The topological polar surface area (TPSA) is 54.3 Å². The van der Waals surface area contributed by atoms with E-state index in [9.17, 15) is 4.79 Å². The number of carbonyl (C=O) groups is 1. The Hall–Kier alpha value is -1.81. The van der Waals surface area contributed by atoms with E-state index in [1.54, 1.807) is 0 Å². The highest BCUT2D eigenvalue weighted by Crippen LogP contribution is 2.32. The predicted molar refractivity (Wildman–Crippen MR) is 81.2 cm³/mol. The molecule has 2 aliphatic rings. The molecule has 0 radical (unpaired) electrons. The Morgan fingerprint density at radius 2 is 2.05 bits per heavy atom. The molecule has 1 aliphatic heterocycles. The average molecular weight is 284 g/mol. The lowest BCUT2D eigenvalue weighted by atomic mass is 9.79. The lowest BCUT2D eigenvalue weighted by molar-refractivity contribution is 0.0887. The van der Waals surface area contributed by atoms with Crippen molar-refractivity contribution in [2.24, 2.45) is 11.8 Å². The number of carbonyl (C=O) groups excluding carboxylic acids is 1. The van der Waals surface area contributed by atoms with Crippen molar-refractivity contribution in [3.63, 3.8) is 0 Å². The third kappa shape index (κ3) is 2.44. The van der Waals surface area contributed by atoms with E-state index in [2.05, 4.69) is 10.6 Å². The van der Waals surface area contributed by atoms with E-state index in [-0.39, 0.29) is 11.9 Å². The number of benzene rings is 1. The molecule has 1 aromatic carbocycles. The Bertz CT molecular complexity index is 631. The summed E-state index contributed by atoms with van der Waals surface area (Å²) in [5, 5.41) is 7.58. The van der Waals surface area contributed by atoms with Crippen LogP contribution in [0.15, 0.2) is 34.7 Å². The van der Waals surface area contributed by atoms with Crippen LogP contribution in [0.4, 0.5) is 0 Å². The molecule has 2 N–H and O–H groups in total. The van der Waals surface area contributed by atoms with Crippen LogP contribution in [0, 0.1) is 11.8 Å². The van der Waals surface area contributed by atoms with Crippen LogP contribution in [0.2, 0.25) is 0 Å². The van der Waals surface area contributed by atoms with Gasteiger partial charge in [-0.1, -0.05) is 18.2 Å². The first-order valence-corrected chi connectivity index (χ1v) is 7.80. The zero-order chi connectivity index (χ0) is 14.2. The molecule has 0 bridgehead atoms. The summed E-state index contributed by atoms with van der Waals surface area (Å²) in [6, 6.07) is 9.84. The fourth-order valence-corrected chi connectivity index (χ4v) is 3.78. The Morgan fingerprint density at radius 1 is 1.19 bits per heavy atom. The van der Waals surface area contributed by atoms with Gasteiger partial charge < -0.3 is 15.1 Å². The summed E-state index contributed by atoms with van der Waals surface area (Å²) in [6.45, 7) is 2.25. The summed E-state index contributed by atoms with van der Waals surface area (Å²) in [4.78, 5) is 12.4. The van der Waals surface area contributed by atoms with E-state index in [4.69, 9.17) is 4.42 Å². The van der Waals surface area contributed by atoms with Crippen molar-refractivity contribution in [3.8, 4) is 0 Å². The minimum absolute atomic E-state index is 0.0828. The number of nitrogens with one attached hydrogen (secondary N) is 2. The van der Waals surface area contributed by atoms with Gasteiger partial charge in [-0.05, 0) is 56.3 Å². The van der Waals surface area contributed by atoms with E-state index in [1.165, 1.54) is 6.42 Å². The summed E-state index contributed by atoms with van der Waals surface area (Å²) >= 11 is 0. The number of hydrogen-bond acceptors (Lipinski definition) is 3.